The Morgan fingerprint density at radius 2 is 2.10 bits per heavy atom. The molecule has 2 aromatic rings. The van der Waals surface area contributed by atoms with Gasteiger partial charge in [-0.2, -0.15) is 5.26 Å². The molecule has 7 heteroatoms. The van der Waals surface area contributed by atoms with Crippen LogP contribution in [0.5, 0.6) is 5.75 Å². The van der Waals surface area contributed by atoms with Crippen LogP contribution in [0, 0.1) is 21.4 Å². The number of rotatable bonds is 5. The zero-order chi connectivity index (χ0) is 15.2. The molecule has 0 aromatic heterocycles. The number of nitriles is 1. The second-order valence-electron chi connectivity index (χ2n) is 4.15. The number of nitro benzene ring substituents is 1. The predicted molar refractivity (Wildman–Crippen MR) is 76.4 cm³/mol. The van der Waals surface area contributed by atoms with Crippen molar-refractivity contribution in [2.45, 2.75) is 6.61 Å². The zero-order valence-corrected chi connectivity index (χ0v) is 10.9. The van der Waals surface area contributed by atoms with Gasteiger partial charge in [-0.3, -0.25) is 16.0 Å². The standard InChI is InChI=1S/C14H12N4O3/c15-8-11-3-1-2-4-14(11)21-9-10-5-6-13(18(19)20)12(7-10)17-16/h1-7,17H,9,16H2. The third-order valence-electron chi connectivity index (χ3n) is 2.82. The molecule has 0 aliphatic heterocycles. The molecular weight excluding hydrogens is 272 g/mol. The summed E-state index contributed by atoms with van der Waals surface area (Å²) in [5.74, 6) is 5.73. The monoisotopic (exact) mass is 284 g/mol. The minimum Gasteiger partial charge on any atom is -0.488 e. The van der Waals surface area contributed by atoms with Gasteiger partial charge < -0.3 is 10.2 Å². The summed E-state index contributed by atoms with van der Waals surface area (Å²) in [6, 6.07) is 13.3. The van der Waals surface area contributed by atoms with E-state index < -0.39 is 4.92 Å². The number of hydrogen-bond donors (Lipinski definition) is 2. The molecule has 3 N–H and O–H groups in total. The minimum atomic E-state index is -0.523. The number of benzene rings is 2. The Morgan fingerprint density at radius 1 is 1.33 bits per heavy atom. The topological polar surface area (TPSA) is 114 Å². The van der Waals surface area contributed by atoms with Crippen molar-refractivity contribution in [1.29, 1.82) is 5.26 Å². The number of anilines is 1. The number of hydrogen-bond acceptors (Lipinski definition) is 6. The summed E-state index contributed by atoms with van der Waals surface area (Å²) in [6.45, 7) is 0.172. The van der Waals surface area contributed by atoms with Crippen molar-refractivity contribution in [3.8, 4) is 11.8 Å². The van der Waals surface area contributed by atoms with E-state index in [1.807, 2.05) is 6.07 Å². The van der Waals surface area contributed by atoms with Crippen LogP contribution in [0.3, 0.4) is 0 Å². The Bertz CT molecular complexity index is 710. The fraction of sp³-hybridized carbons (Fsp3) is 0.0714. The van der Waals surface area contributed by atoms with Gasteiger partial charge in [0.15, 0.2) is 0 Å². The highest BCUT2D eigenvalue weighted by Crippen LogP contribution is 2.25. The van der Waals surface area contributed by atoms with Gasteiger partial charge in [-0.15, -0.1) is 0 Å². The Labute approximate surface area is 120 Å². The summed E-state index contributed by atoms with van der Waals surface area (Å²) in [5.41, 5.74) is 3.50. The van der Waals surface area contributed by atoms with Crippen LogP contribution in [-0.2, 0) is 6.61 Å². The van der Waals surface area contributed by atoms with Crippen LogP contribution in [0.15, 0.2) is 42.5 Å². The van der Waals surface area contributed by atoms with Crippen LogP contribution in [-0.4, -0.2) is 4.92 Å². The molecule has 2 rings (SSSR count). The summed E-state index contributed by atoms with van der Waals surface area (Å²) in [4.78, 5) is 10.3. The lowest BCUT2D eigenvalue weighted by atomic mass is 10.2. The molecule has 7 nitrogen and oxygen atoms in total. The van der Waals surface area contributed by atoms with Crippen molar-refractivity contribution in [3.63, 3.8) is 0 Å². The average molecular weight is 284 g/mol. The van der Waals surface area contributed by atoms with Gasteiger partial charge in [0.2, 0.25) is 0 Å². The number of nitrogens with two attached hydrogens (primary N) is 1. The second kappa shape index (κ2) is 6.36. The number of ether oxygens (including phenoxy) is 1. The molecule has 0 unspecified atom stereocenters. The fourth-order valence-corrected chi connectivity index (χ4v) is 1.79. The summed E-state index contributed by atoms with van der Waals surface area (Å²) in [7, 11) is 0. The van der Waals surface area contributed by atoms with E-state index in [4.69, 9.17) is 15.8 Å². The molecule has 0 saturated heterocycles. The van der Waals surface area contributed by atoms with Crippen molar-refractivity contribution in [2.75, 3.05) is 5.43 Å². The molecule has 0 bridgehead atoms. The first-order valence-electron chi connectivity index (χ1n) is 6.01. The molecule has 2 aromatic carbocycles. The van der Waals surface area contributed by atoms with E-state index in [9.17, 15) is 10.1 Å². The predicted octanol–water partition coefficient (Wildman–Crippen LogP) is 2.33. The zero-order valence-electron chi connectivity index (χ0n) is 10.9. The van der Waals surface area contributed by atoms with E-state index in [2.05, 4.69) is 5.43 Å². The maximum atomic E-state index is 10.8. The molecule has 0 radical (unpaired) electrons. The summed E-state index contributed by atoms with van der Waals surface area (Å²) < 4.78 is 5.55. The van der Waals surface area contributed by atoms with Crippen LogP contribution >= 0.6 is 0 Å². The van der Waals surface area contributed by atoms with Gasteiger partial charge in [0.1, 0.15) is 24.1 Å². The molecule has 0 fully saturated rings. The Hall–Kier alpha value is -3.11. The van der Waals surface area contributed by atoms with Gasteiger partial charge in [0.05, 0.1) is 10.5 Å². The molecule has 0 aliphatic rings. The van der Waals surface area contributed by atoms with Gasteiger partial charge in [-0.1, -0.05) is 12.1 Å². The van der Waals surface area contributed by atoms with Crippen molar-refractivity contribution in [1.82, 2.24) is 0 Å². The molecule has 0 saturated carbocycles. The van der Waals surface area contributed by atoms with Crippen LogP contribution < -0.4 is 16.0 Å². The van der Waals surface area contributed by atoms with E-state index in [1.165, 1.54) is 12.1 Å². The molecular formula is C14H12N4O3. The Balaban J connectivity index is 2.17. The van der Waals surface area contributed by atoms with Gasteiger partial charge in [-0.25, -0.2) is 0 Å². The Morgan fingerprint density at radius 3 is 2.76 bits per heavy atom. The van der Waals surface area contributed by atoms with Crippen molar-refractivity contribution in [3.05, 3.63) is 63.7 Å². The third-order valence-corrected chi connectivity index (χ3v) is 2.82. The number of nitrogen functional groups attached to an aromatic ring is 1. The van der Waals surface area contributed by atoms with Crippen LogP contribution in [0.1, 0.15) is 11.1 Å². The van der Waals surface area contributed by atoms with E-state index in [-0.39, 0.29) is 18.0 Å². The maximum Gasteiger partial charge on any atom is 0.293 e. The third kappa shape index (κ3) is 3.26. The lowest BCUT2D eigenvalue weighted by molar-refractivity contribution is -0.384. The summed E-state index contributed by atoms with van der Waals surface area (Å²) >= 11 is 0. The number of nitro groups is 1. The fourth-order valence-electron chi connectivity index (χ4n) is 1.79. The largest absolute Gasteiger partial charge is 0.488 e. The highest BCUT2D eigenvalue weighted by Gasteiger charge is 2.13. The van der Waals surface area contributed by atoms with E-state index >= 15 is 0 Å². The van der Waals surface area contributed by atoms with E-state index in [1.54, 1.807) is 30.3 Å². The lowest BCUT2D eigenvalue weighted by Crippen LogP contribution is -2.10. The number of hydrazine groups is 1. The average Bonchev–Trinajstić information content (AvgIpc) is 2.52. The highest BCUT2D eigenvalue weighted by atomic mass is 16.6. The van der Waals surface area contributed by atoms with Crippen LogP contribution in [0.4, 0.5) is 11.4 Å². The molecule has 0 spiro atoms. The van der Waals surface area contributed by atoms with Gasteiger partial charge in [-0.05, 0) is 29.8 Å². The first kappa shape index (κ1) is 14.3. The normalized spacial score (nSPS) is 9.71. The number of nitrogens with zero attached hydrogens (tertiary/aromatic N) is 2. The lowest BCUT2D eigenvalue weighted by Gasteiger charge is -2.09. The van der Waals surface area contributed by atoms with Gasteiger partial charge in [0, 0.05) is 6.07 Å². The van der Waals surface area contributed by atoms with Crippen molar-refractivity contribution >= 4 is 11.4 Å². The maximum absolute atomic E-state index is 10.8. The number of para-hydroxylation sites is 1. The van der Waals surface area contributed by atoms with Crippen molar-refractivity contribution in [2.24, 2.45) is 5.84 Å². The number of nitrogens with one attached hydrogen (secondary N) is 1. The SMILES string of the molecule is N#Cc1ccccc1OCc1ccc([N+](=O)[O-])c(NN)c1. The second-order valence-corrected chi connectivity index (χ2v) is 4.15. The Kier molecular flexibility index (Phi) is 4.33. The van der Waals surface area contributed by atoms with Gasteiger partial charge in [0.25, 0.3) is 5.69 Å². The molecule has 0 atom stereocenters. The van der Waals surface area contributed by atoms with Crippen molar-refractivity contribution < 1.29 is 9.66 Å². The van der Waals surface area contributed by atoms with Gasteiger partial charge >= 0.3 is 0 Å². The first-order valence-corrected chi connectivity index (χ1v) is 6.01. The quantitative estimate of drug-likeness (QED) is 0.494. The van der Waals surface area contributed by atoms with E-state index in [0.29, 0.717) is 16.9 Å². The first-order chi connectivity index (χ1) is 10.2. The molecule has 21 heavy (non-hydrogen) atoms. The smallest absolute Gasteiger partial charge is 0.293 e. The molecule has 106 valence electrons. The summed E-state index contributed by atoms with van der Waals surface area (Å²) in [5, 5.41) is 19.8. The van der Waals surface area contributed by atoms with Crippen LogP contribution in [0.25, 0.3) is 0 Å². The highest BCUT2D eigenvalue weighted by molar-refractivity contribution is 5.62. The van der Waals surface area contributed by atoms with Crippen LogP contribution in [0.2, 0.25) is 0 Å². The summed E-state index contributed by atoms with van der Waals surface area (Å²) in [6.07, 6.45) is 0. The molecule has 0 aliphatic carbocycles. The van der Waals surface area contributed by atoms with E-state index in [0.717, 1.165) is 0 Å². The minimum absolute atomic E-state index is 0.112. The molecule has 0 heterocycles. The molecule has 0 amide bonds.